The summed E-state index contributed by atoms with van der Waals surface area (Å²) in [5.74, 6) is 0. The van der Waals surface area contributed by atoms with Crippen LogP contribution in [0.1, 0.15) is 51.5 Å². The highest BCUT2D eigenvalue weighted by Crippen LogP contribution is 2.07. The first-order valence-electron chi connectivity index (χ1n) is 6.86. The molecule has 93 valence electrons. The fraction of sp³-hybridized carbons (Fsp3) is 0.600. The molecule has 2 heteroatoms. The molecule has 0 N–H and O–H groups in total. The summed E-state index contributed by atoms with van der Waals surface area (Å²) in [6.07, 6.45) is 8.05. The van der Waals surface area contributed by atoms with Crippen LogP contribution in [-0.4, -0.2) is 18.2 Å². The molecule has 0 saturated heterocycles. The van der Waals surface area contributed by atoms with Crippen LogP contribution >= 0.6 is 12.9 Å². The maximum absolute atomic E-state index is 3.39. The molecule has 0 bridgehead atoms. The fourth-order valence-corrected chi connectivity index (χ4v) is 1.52. The largest absolute Gasteiger partial charge is 0.468 e. The summed E-state index contributed by atoms with van der Waals surface area (Å²) >= 11 is 3.62. The number of hydrogen-bond acceptors (Lipinski definition) is 0. The van der Waals surface area contributed by atoms with Gasteiger partial charge in [-0.3, -0.25) is 0 Å². The number of rotatable bonds is 7. The second-order valence-corrected chi connectivity index (χ2v) is 8.02. The molecule has 1 aromatic rings. The molecule has 0 spiro atoms. The number of halogens is 1. The van der Waals surface area contributed by atoms with Crippen molar-refractivity contribution >= 4 is 31.1 Å². The van der Waals surface area contributed by atoms with Crippen molar-refractivity contribution in [2.24, 2.45) is 0 Å². The minimum atomic E-state index is 0.237. The molecule has 17 heavy (non-hydrogen) atoms. The number of benzene rings is 1. The quantitative estimate of drug-likeness (QED) is 0.465. The van der Waals surface area contributed by atoms with Crippen LogP contribution in [0.15, 0.2) is 24.3 Å². The summed E-state index contributed by atoms with van der Waals surface area (Å²) in [6, 6.07) is 11.4. The van der Waals surface area contributed by atoms with Gasteiger partial charge in [0.25, 0.3) is 0 Å². The van der Waals surface area contributed by atoms with Crippen LogP contribution < -0.4 is 0 Å². The molecule has 0 nitrogen and oxygen atoms in total. The predicted octanol–water partition coefficient (Wildman–Crippen LogP) is 5.44. The van der Waals surface area contributed by atoms with Gasteiger partial charge in [-0.05, 0) is 24.5 Å². The molecule has 0 amide bonds. The van der Waals surface area contributed by atoms with Gasteiger partial charge in [0.2, 0.25) is 0 Å². The third kappa shape index (κ3) is 12.7. The highest BCUT2D eigenvalue weighted by molar-refractivity contribution is 9.23. The number of unbranched alkanes of at least 4 members (excludes halogenated alkanes) is 4. The van der Waals surface area contributed by atoms with Crippen molar-refractivity contribution in [3.05, 3.63) is 35.9 Å². The van der Waals surface area contributed by atoms with Crippen LogP contribution in [0.3, 0.4) is 0 Å². The Kier molecular flexibility index (Phi) is 14.9. The lowest BCUT2D eigenvalue weighted by Crippen LogP contribution is -1.85. The molecule has 1 radical (unpaired) electrons. The van der Waals surface area contributed by atoms with Crippen molar-refractivity contribution in [3.63, 3.8) is 0 Å². The molecule has 0 aliphatic heterocycles. The third-order valence-corrected chi connectivity index (χ3v) is 5.29. The molecule has 0 saturated carbocycles. The zero-order chi connectivity index (χ0) is 12.8. The summed E-state index contributed by atoms with van der Waals surface area (Å²) in [5.41, 5.74) is 1.43. The van der Waals surface area contributed by atoms with E-state index in [1.54, 1.807) is 0 Å². The van der Waals surface area contributed by atoms with Crippen molar-refractivity contribution in [1.29, 1.82) is 0 Å². The number of aryl methyl sites for hydroxylation is 1. The Bertz CT molecular complexity index is 234. The summed E-state index contributed by atoms with van der Waals surface area (Å²) in [7, 11) is 0. The van der Waals surface area contributed by atoms with E-state index in [4.69, 9.17) is 0 Å². The van der Waals surface area contributed by atoms with E-state index in [2.05, 4.69) is 51.0 Å². The van der Waals surface area contributed by atoms with Crippen LogP contribution in [0.2, 0.25) is 4.55 Å². The minimum Gasteiger partial charge on any atom is -0.307 e. The second kappa shape index (κ2) is 14.5. The Morgan fingerprint density at radius 2 is 1.88 bits per heavy atom. The van der Waals surface area contributed by atoms with Gasteiger partial charge in [-0.1, -0.05) is 63.8 Å². The summed E-state index contributed by atoms with van der Waals surface area (Å²) < 4.78 is 1.38. The van der Waals surface area contributed by atoms with E-state index in [0.29, 0.717) is 0 Å². The average Bonchev–Trinajstić information content (AvgIpc) is 2.40. The van der Waals surface area contributed by atoms with Crippen molar-refractivity contribution in [3.8, 4) is 0 Å². The topological polar surface area (TPSA) is 0 Å². The SMILES string of the molecule is CCCCCCCc1c[c]ccc1.C[CH2][Mg][Br]. The smallest absolute Gasteiger partial charge is 0.307 e. The van der Waals surface area contributed by atoms with Crippen molar-refractivity contribution < 1.29 is 0 Å². The van der Waals surface area contributed by atoms with Crippen LogP contribution in [-0.2, 0) is 6.42 Å². The first-order valence-corrected chi connectivity index (χ1v) is 11.8. The predicted molar refractivity (Wildman–Crippen MR) is 82.9 cm³/mol. The molecule has 0 atom stereocenters. The van der Waals surface area contributed by atoms with Crippen LogP contribution in [0.5, 0.6) is 0 Å². The van der Waals surface area contributed by atoms with Crippen molar-refractivity contribution in [2.75, 3.05) is 0 Å². The van der Waals surface area contributed by atoms with E-state index in [1.807, 2.05) is 6.07 Å². The van der Waals surface area contributed by atoms with Gasteiger partial charge in [-0.25, -0.2) is 0 Å². The monoisotopic (exact) mass is 307 g/mol. The van der Waals surface area contributed by atoms with Gasteiger partial charge >= 0.3 is 18.2 Å². The molecule has 1 aromatic carbocycles. The molecule has 0 aromatic heterocycles. The number of hydrogen-bond donors (Lipinski definition) is 0. The van der Waals surface area contributed by atoms with Crippen LogP contribution in [0.4, 0.5) is 0 Å². The van der Waals surface area contributed by atoms with E-state index in [1.165, 1.54) is 48.6 Å². The Balaban J connectivity index is 0.000000557. The second-order valence-electron chi connectivity index (χ2n) is 4.26. The average molecular weight is 309 g/mol. The lowest BCUT2D eigenvalue weighted by Gasteiger charge is -2.00. The molecule has 0 aliphatic rings. The summed E-state index contributed by atoms with van der Waals surface area (Å²) in [5, 5.41) is 0. The lowest BCUT2D eigenvalue weighted by molar-refractivity contribution is 0.632. The Morgan fingerprint density at radius 3 is 2.41 bits per heavy atom. The highest BCUT2D eigenvalue weighted by Gasteiger charge is 1.91. The normalized spacial score (nSPS) is 9.12. The van der Waals surface area contributed by atoms with Gasteiger partial charge in [0.05, 0.1) is 0 Å². The third-order valence-electron chi connectivity index (χ3n) is 2.53. The molecular formula is C15H24BrMg. The first kappa shape index (κ1) is 17.5. The maximum Gasteiger partial charge on any atom is 0.468 e. The molecule has 0 fully saturated rings. The van der Waals surface area contributed by atoms with E-state index < -0.39 is 0 Å². The van der Waals surface area contributed by atoms with E-state index in [9.17, 15) is 0 Å². The Labute approximate surface area is 123 Å². The lowest BCUT2D eigenvalue weighted by atomic mass is 10.1. The zero-order valence-electron chi connectivity index (χ0n) is 11.3. The van der Waals surface area contributed by atoms with E-state index >= 15 is 0 Å². The van der Waals surface area contributed by atoms with Crippen molar-refractivity contribution in [2.45, 2.75) is 56.9 Å². The molecule has 0 aliphatic carbocycles. The molecule has 0 unspecified atom stereocenters. The maximum atomic E-state index is 3.39. The van der Waals surface area contributed by atoms with Gasteiger partial charge in [0.15, 0.2) is 0 Å². The Morgan fingerprint density at radius 1 is 1.18 bits per heavy atom. The highest BCUT2D eigenvalue weighted by atomic mass is 79.9. The molecule has 1 rings (SSSR count). The fourth-order valence-electron chi connectivity index (χ4n) is 1.52. The zero-order valence-corrected chi connectivity index (χ0v) is 14.3. The minimum absolute atomic E-state index is 0.237. The van der Waals surface area contributed by atoms with Gasteiger partial charge in [0, 0.05) is 0 Å². The summed E-state index contributed by atoms with van der Waals surface area (Å²) in [6.45, 7) is 4.45. The van der Waals surface area contributed by atoms with Gasteiger partial charge in [-0.15, -0.1) is 4.55 Å². The standard InChI is InChI=1S/C13H19.C2H5.BrH.Mg/c1-2-3-4-5-7-10-13-11-8-6-9-12-13;1-2;;/h6,8,11-12H,2-5,7,10H2,1H3;1H2,2H3;1H;/q;;;+1/p-1. The van der Waals surface area contributed by atoms with E-state index in [0.717, 1.165) is 0 Å². The van der Waals surface area contributed by atoms with Gasteiger partial charge < -0.3 is 12.9 Å². The Hall–Kier alpha value is 0.466. The first-order chi connectivity index (χ1) is 8.35. The van der Waals surface area contributed by atoms with Gasteiger partial charge in [-0.2, -0.15) is 0 Å². The molecule has 0 heterocycles. The van der Waals surface area contributed by atoms with Gasteiger partial charge in [0.1, 0.15) is 0 Å². The van der Waals surface area contributed by atoms with E-state index in [-0.39, 0.29) is 18.2 Å². The van der Waals surface area contributed by atoms with Crippen LogP contribution in [0, 0.1) is 6.07 Å². The summed E-state index contributed by atoms with van der Waals surface area (Å²) in [4.78, 5) is 0. The van der Waals surface area contributed by atoms with Crippen molar-refractivity contribution in [1.82, 2.24) is 0 Å². The van der Waals surface area contributed by atoms with Crippen LogP contribution in [0.25, 0.3) is 0 Å². The molecular weight excluding hydrogens is 284 g/mol.